The zero-order valence-electron chi connectivity index (χ0n) is 12.8. The summed E-state index contributed by atoms with van der Waals surface area (Å²) in [7, 11) is 0. The first-order valence-electron chi connectivity index (χ1n) is 7.10. The maximum absolute atomic E-state index is 12.6. The summed E-state index contributed by atoms with van der Waals surface area (Å²) >= 11 is 0. The van der Waals surface area contributed by atoms with E-state index in [0.29, 0.717) is 24.3 Å². The molecule has 110 valence electrons. The van der Waals surface area contributed by atoms with Gasteiger partial charge in [0, 0.05) is 17.4 Å². The van der Waals surface area contributed by atoms with Gasteiger partial charge in [-0.3, -0.25) is 4.79 Å². The Morgan fingerprint density at radius 1 is 1.26 bits per heavy atom. The number of aromatic nitrogens is 1. The molecular weight excluding hydrogens is 364 g/mol. The minimum Gasteiger partial charge on any atom is -0.351 e. The van der Waals surface area contributed by atoms with Crippen LogP contribution >= 0.6 is 0 Å². The number of benzene rings is 1. The Hall–Kier alpha value is -1.01. The molecule has 1 atom stereocenters. The zero-order chi connectivity index (χ0) is 15.3. The molecule has 4 rings (SSSR count). The summed E-state index contributed by atoms with van der Waals surface area (Å²) in [6.45, 7) is 3.32. The van der Waals surface area contributed by atoms with Crippen molar-refractivity contribution < 1.29 is 67.8 Å². The molecule has 2 amide bonds. The molecule has 1 spiro atoms. The van der Waals surface area contributed by atoms with Gasteiger partial charge in [0.2, 0.25) is 5.91 Å². The van der Waals surface area contributed by atoms with E-state index in [1.807, 2.05) is 30.3 Å². The zero-order valence-corrected chi connectivity index (χ0v) is 17.8. The minimum absolute atomic E-state index is 0. The number of nitrogens with zero attached hydrogens (tertiary/aromatic N) is 1. The molecule has 2 aliphatic rings. The van der Waals surface area contributed by atoms with E-state index in [1.165, 1.54) is 0 Å². The summed E-state index contributed by atoms with van der Waals surface area (Å²) in [6.07, 6.45) is 2.96. The predicted molar refractivity (Wildman–Crippen MR) is 82.4 cm³/mol. The number of anilines is 2. The molecule has 0 saturated carbocycles. The molecule has 2 N–H and O–H groups in total. The third-order valence-electron chi connectivity index (χ3n) is 4.46. The Bertz CT molecular complexity index is 821. The van der Waals surface area contributed by atoms with E-state index in [2.05, 4.69) is 22.5 Å². The first-order chi connectivity index (χ1) is 10.6. The number of carbonyl (C=O) groups excluding carboxylic acids is 2. The third-order valence-corrected chi connectivity index (χ3v) is 4.46. The summed E-state index contributed by atoms with van der Waals surface area (Å²) in [5, 5.41) is 5.56. The number of rotatable bonds is 1. The first kappa shape index (κ1) is 16.8. The number of hydrogen-bond acceptors (Lipinski definition) is 3. The number of hydrogen-bond donors (Lipinski definition) is 2. The van der Waals surface area contributed by atoms with Crippen LogP contribution in [0.1, 0.15) is 16.7 Å². The summed E-state index contributed by atoms with van der Waals surface area (Å²) in [5.41, 5.74) is 3.31. The van der Waals surface area contributed by atoms with Crippen molar-refractivity contribution in [3.63, 3.8) is 0 Å². The second-order valence-electron chi connectivity index (χ2n) is 5.82. The van der Waals surface area contributed by atoms with Gasteiger partial charge < -0.3 is 22.4 Å². The molecule has 0 saturated heterocycles. The quantitative estimate of drug-likeness (QED) is 0.616. The molecule has 0 bridgehead atoms. The van der Waals surface area contributed by atoms with Gasteiger partial charge in [-0.25, -0.2) is 4.98 Å². The molecule has 6 heteroatoms. The van der Waals surface area contributed by atoms with Gasteiger partial charge in [0.25, 0.3) is 0 Å². The predicted octanol–water partition coefficient (Wildman–Crippen LogP) is -1.15. The SMILES string of the molecule is [CH2-]C(=O)Nc1ccc2c(c1)C[C@@]1(C2)C(=O)Nc2ncccc21.[Rb+]. The Balaban J connectivity index is 0.00000156. The van der Waals surface area contributed by atoms with E-state index in [4.69, 9.17) is 0 Å². The molecule has 1 aliphatic carbocycles. The molecule has 0 radical (unpaired) electrons. The van der Waals surface area contributed by atoms with Crippen LogP contribution in [0, 0.1) is 6.92 Å². The maximum Gasteiger partial charge on any atom is 1.00 e. The molecule has 0 fully saturated rings. The minimum atomic E-state index is -0.570. The van der Waals surface area contributed by atoms with Crippen LogP contribution in [-0.4, -0.2) is 16.8 Å². The van der Waals surface area contributed by atoms with E-state index < -0.39 is 5.41 Å². The summed E-state index contributed by atoms with van der Waals surface area (Å²) < 4.78 is 0. The molecule has 23 heavy (non-hydrogen) atoms. The number of amides is 2. The standard InChI is InChI=1S/C17H14N3O2.Rb/c1-10(21)19-13-5-4-11-8-17(9-12(11)7-13)14-3-2-6-18-15(14)20-16(17)22;/h2-7H,1,8-9H2,(H,19,21)(H,18,20,22);/q-1;+1/t17-;/m1./s1. The van der Waals surface area contributed by atoms with Crippen LogP contribution < -0.4 is 68.8 Å². The first-order valence-corrected chi connectivity index (χ1v) is 7.10. The Kier molecular flexibility index (Phi) is 4.48. The van der Waals surface area contributed by atoms with Crippen molar-refractivity contribution in [2.75, 3.05) is 10.6 Å². The molecule has 0 unspecified atom stereocenters. The van der Waals surface area contributed by atoms with Gasteiger partial charge in [-0.1, -0.05) is 12.1 Å². The average Bonchev–Trinajstić information content (AvgIpc) is 2.98. The van der Waals surface area contributed by atoms with Gasteiger partial charge in [0.15, 0.2) is 0 Å². The number of carbonyl (C=O) groups is 2. The fourth-order valence-electron chi connectivity index (χ4n) is 3.51. The Labute approximate surface area is 183 Å². The van der Waals surface area contributed by atoms with Crippen molar-refractivity contribution in [2.24, 2.45) is 0 Å². The van der Waals surface area contributed by atoms with Crippen molar-refractivity contribution in [3.8, 4) is 0 Å². The van der Waals surface area contributed by atoms with Crippen LogP contribution in [-0.2, 0) is 27.8 Å². The summed E-state index contributed by atoms with van der Waals surface area (Å²) in [4.78, 5) is 27.9. The molecule has 2 heterocycles. The second-order valence-corrected chi connectivity index (χ2v) is 5.82. The topological polar surface area (TPSA) is 71.1 Å². The summed E-state index contributed by atoms with van der Waals surface area (Å²) in [5.74, 6) is 0.313. The van der Waals surface area contributed by atoms with Crippen LogP contribution in [0.2, 0.25) is 0 Å². The van der Waals surface area contributed by atoms with Gasteiger partial charge in [-0.2, -0.15) is 0 Å². The van der Waals surface area contributed by atoms with Gasteiger partial charge in [0.05, 0.1) is 11.3 Å². The molecule has 1 aromatic carbocycles. The Morgan fingerprint density at radius 3 is 2.83 bits per heavy atom. The number of nitrogens with one attached hydrogen (secondary N) is 2. The smallest absolute Gasteiger partial charge is 0.351 e. The molecular formula is C17H14N3O2Rb. The van der Waals surface area contributed by atoms with Crippen molar-refractivity contribution in [1.82, 2.24) is 4.98 Å². The average molecular weight is 378 g/mol. The fraction of sp³-hybridized carbons (Fsp3) is 0.176. The molecule has 5 nitrogen and oxygen atoms in total. The molecule has 1 aliphatic heterocycles. The van der Waals surface area contributed by atoms with Crippen LogP contribution in [0.25, 0.3) is 0 Å². The number of pyridine rings is 1. The monoisotopic (exact) mass is 377 g/mol. The van der Waals surface area contributed by atoms with Crippen LogP contribution in [0.3, 0.4) is 0 Å². The van der Waals surface area contributed by atoms with Gasteiger partial charge in [-0.05, 0) is 42.2 Å². The van der Waals surface area contributed by atoms with Gasteiger partial charge in [-0.15, -0.1) is 0 Å². The van der Waals surface area contributed by atoms with Crippen molar-refractivity contribution in [1.29, 1.82) is 0 Å². The largest absolute Gasteiger partial charge is 1.00 e. The summed E-state index contributed by atoms with van der Waals surface area (Å²) in [6, 6.07) is 9.56. The van der Waals surface area contributed by atoms with Gasteiger partial charge in [0.1, 0.15) is 5.82 Å². The van der Waals surface area contributed by atoms with E-state index in [0.717, 1.165) is 16.7 Å². The maximum atomic E-state index is 12.6. The molecule has 1 aromatic heterocycles. The normalized spacial score (nSPS) is 20.4. The van der Waals surface area contributed by atoms with Crippen LogP contribution in [0.15, 0.2) is 36.5 Å². The van der Waals surface area contributed by atoms with E-state index in [-0.39, 0.29) is 70.0 Å². The Morgan fingerprint density at radius 2 is 2.04 bits per heavy atom. The third kappa shape index (κ3) is 2.69. The van der Waals surface area contributed by atoms with Crippen molar-refractivity contribution >= 4 is 23.3 Å². The van der Waals surface area contributed by atoms with Crippen LogP contribution in [0.4, 0.5) is 11.5 Å². The van der Waals surface area contributed by atoms with Crippen LogP contribution in [0.5, 0.6) is 0 Å². The molecule has 2 aromatic rings. The van der Waals surface area contributed by atoms with E-state index in [1.54, 1.807) is 6.20 Å². The van der Waals surface area contributed by atoms with E-state index >= 15 is 0 Å². The fourth-order valence-corrected chi connectivity index (χ4v) is 3.51. The second kappa shape index (κ2) is 6.13. The van der Waals surface area contributed by atoms with Gasteiger partial charge >= 0.3 is 58.2 Å². The van der Waals surface area contributed by atoms with E-state index in [9.17, 15) is 9.59 Å². The number of fused-ring (bicyclic) bond motifs is 3. The van der Waals surface area contributed by atoms with Crippen molar-refractivity contribution in [3.05, 3.63) is 60.1 Å². The van der Waals surface area contributed by atoms with Crippen molar-refractivity contribution in [2.45, 2.75) is 18.3 Å².